The van der Waals surface area contributed by atoms with Gasteiger partial charge in [-0.1, -0.05) is 28.1 Å². The molecule has 0 aromatic heterocycles. The number of methoxy groups -OCH3 is 1. The van der Waals surface area contributed by atoms with E-state index < -0.39 is 23.2 Å². The molecule has 0 saturated carbocycles. The lowest BCUT2D eigenvalue weighted by molar-refractivity contribution is 0.0590. The number of ether oxygens (including phenoxy) is 1. The van der Waals surface area contributed by atoms with Crippen molar-refractivity contribution in [3.8, 4) is 0 Å². The van der Waals surface area contributed by atoms with Crippen LogP contribution in [0, 0.1) is 11.6 Å². The van der Waals surface area contributed by atoms with Crippen LogP contribution in [0.15, 0.2) is 18.2 Å². The van der Waals surface area contributed by atoms with Crippen molar-refractivity contribution in [1.82, 2.24) is 0 Å². The van der Waals surface area contributed by atoms with Gasteiger partial charge in [-0.05, 0) is 17.7 Å². The molecule has 0 bridgehead atoms. The molecule has 1 aromatic carbocycles. The van der Waals surface area contributed by atoms with Gasteiger partial charge in [-0.15, -0.1) is 0 Å². The van der Waals surface area contributed by atoms with Gasteiger partial charge in [0.05, 0.1) is 7.11 Å². The number of rotatable bonds is 3. The van der Waals surface area contributed by atoms with E-state index in [1.807, 2.05) is 0 Å². The Hall–Kier alpha value is -1.23. The maximum Gasteiger partial charge on any atom is 0.343 e. The minimum absolute atomic E-state index is 0.349. The monoisotopic (exact) mass is 290 g/mol. The second-order valence-electron chi connectivity index (χ2n) is 2.91. The third kappa shape index (κ3) is 2.88. The van der Waals surface area contributed by atoms with Gasteiger partial charge in [0, 0.05) is 5.33 Å². The summed E-state index contributed by atoms with van der Waals surface area (Å²) in [6, 6.07) is 2.16. The number of allylic oxidation sites excluding steroid dienone is 1. The zero-order valence-corrected chi connectivity index (χ0v) is 10.1. The van der Waals surface area contributed by atoms with Gasteiger partial charge in [0.1, 0.15) is 17.2 Å². The van der Waals surface area contributed by atoms with Gasteiger partial charge < -0.3 is 4.74 Å². The van der Waals surface area contributed by atoms with Crippen LogP contribution in [-0.4, -0.2) is 18.4 Å². The predicted octanol–water partition coefficient (Wildman–Crippen LogP) is 3.16. The number of benzene rings is 1. The third-order valence-corrected chi connectivity index (χ3v) is 2.23. The zero-order valence-electron chi connectivity index (χ0n) is 8.47. The number of carbonyl (C=O) groups excluding carboxylic acids is 1. The van der Waals surface area contributed by atoms with Crippen molar-refractivity contribution in [2.45, 2.75) is 0 Å². The first-order valence-electron chi connectivity index (χ1n) is 4.40. The highest BCUT2D eigenvalue weighted by molar-refractivity contribution is 9.09. The van der Waals surface area contributed by atoms with E-state index in [2.05, 4.69) is 20.7 Å². The van der Waals surface area contributed by atoms with Gasteiger partial charge in [0.25, 0.3) is 0 Å². The molecule has 0 unspecified atom stereocenters. The molecule has 0 radical (unpaired) electrons. The van der Waals surface area contributed by atoms with Crippen LogP contribution in [0.2, 0.25) is 0 Å². The Morgan fingerprint density at radius 3 is 2.44 bits per heavy atom. The summed E-state index contributed by atoms with van der Waals surface area (Å²) in [7, 11) is 1.07. The molecule has 1 aromatic rings. The molecular formula is C11H9BrF2O2. The van der Waals surface area contributed by atoms with Crippen LogP contribution in [-0.2, 0) is 4.74 Å². The molecule has 0 aliphatic carbocycles. The van der Waals surface area contributed by atoms with Crippen molar-refractivity contribution in [3.63, 3.8) is 0 Å². The smallest absolute Gasteiger partial charge is 0.343 e. The minimum atomic E-state index is -1.02. The van der Waals surface area contributed by atoms with Crippen molar-refractivity contribution in [2.24, 2.45) is 0 Å². The van der Waals surface area contributed by atoms with Crippen molar-refractivity contribution in [1.29, 1.82) is 0 Å². The summed E-state index contributed by atoms with van der Waals surface area (Å²) >= 11 is 3.14. The second-order valence-corrected chi connectivity index (χ2v) is 3.56. The summed E-state index contributed by atoms with van der Waals surface area (Å²) in [4.78, 5) is 11.1. The fraction of sp³-hybridized carbons (Fsp3) is 0.182. The van der Waals surface area contributed by atoms with E-state index in [1.54, 1.807) is 12.2 Å². The number of carbonyl (C=O) groups is 1. The first kappa shape index (κ1) is 12.8. The molecule has 16 heavy (non-hydrogen) atoms. The highest BCUT2D eigenvalue weighted by Gasteiger charge is 2.18. The minimum Gasteiger partial charge on any atom is -0.465 e. The number of esters is 1. The van der Waals surface area contributed by atoms with Crippen LogP contribution in [0.3, 0.4) is 0 Å². The lowest BCUT2D eigenvalue weighted by Gasteiger charge is -2.04. The predicted molar refractivity (Wildman–Crippen MR) is 60.5 cm³/mol. The topological polar surface area (TPSA) is 26.3 Å². The van der Waals surface area contributed by atoms with Crippen molar-refractivity contribution >= 4 is 28.0 Å². The Morgan fingerprint density at radius 1 is 1.44 bits per heavy atom. The summed E-state index contributed by atoms with van der Waals surface area (Å²) in [5, 5.41) is 0.578. The standard InChI is InChI=1S/C11H9BrF2O2/c1-16-11(15)10-8(13)5-7(3-2-4-12)6-9(10)14/h2-3,5-6H,4H2,1H3. The molecular weight excluding hydrogens is 282 g/mol. The van der Waals surface area contributed by atoms with Gasteiger partial charge in [0.15, 0.2) is 0 Å². The number of hydrogen-bond acceptors (Lipinski definition) is 2. The van der Waals surface area contributed by atoms with E-state index in [0.29, 0.717) is 10.9 Å². The molecule has 0 aliphatic heterocycles. The van der Waals surface area contributed by atoms with Crippen molar-refractivity contribution in [2.75, 3.05) is 12.4 Å². The van der Waals surface area contributed by atoms with Gasteiger partial charge in [0.2, 0.25) is 0 Å². The molecule has 5 heteroatoms. The lowest BCUT2D eigenvalue weighted by atomic mass is 10.1. The number of hydrogen-bond donors (Lipinski definition) is 0. The maximum absolute atomic E-state index is 13.4. The molecule has 0 atom stereocenters. The largest absolute Gasteiger partial charge is 0.465 e. The summed E-state index contributed by atoms with van der Waals surface area (Å²) in [6.07, 6.45) is 3.23. The van der Waals surface area contributed by atoms with E-state index >= 15 is 0 Å². The molecule has 1 rings (SSSR count). The summed E-state index contributed by atoms with van der Waals surface area (Å²) in [6.45, 7) is 0. The second kappa shape index (κ2) is 5.75. The first-order valence-corrected chi connectivity index (χ1v) is 5.52. The Labute approximate surface area is 100 Å². The fourth-order valence-electron chi connectivity index (χ4n) is 1.17. The molecule has 0 fully saturated rings. The Morgan fingerprint density at radius 2 is 2.00 bits per heavy atom. The van der Waals surface area contributed by atoms with Crippen LogP contribution in [0.5, 0.6) is 0 Å². The van der Waals surface area contributed by atoms with E-state index in [1.165, 1.54) is 0 Å². The summed E-state index contributed by atoms with van der Waals surface area (Å²) in [5.74, 6) is -2.88. The fourth-order valence-corrected chi connectivity index (χ4v) is 1.35. The summed E-state index contributed by atoms with van der Waals surface area (Å²) in [5.41, 5.74) is -0.319. The Balaban J connectivity index is 3.17. The highest BCUT2D eigenvalue weighted by Crippen LogP contribution is 2.17. The molecule has 2 nitrogen and oxygen atoms in total. The van der Waals surface area contributed by atoms with Crippen molar-refractivity contribution in [3.05, 3.63) is 41.0 Å². The zero-order chi connectivity index (χ0) is 12.1. The molecule has 0 amide bonds. The van der Waals surface area contributed by atoms with E-state index in [-0.39, 0.29) is 0 Å². The Bertz CT molecular complexity index is 407. The maximum atomic E-state index is 13.4. The molecule has 0 heterocycles. The van der Waals surface area contributed by atoms with Crippen LogP contribution in [0.4, 0.5) is 8.78 Å². The lowest BCUT2D eigenvalue weighted by Crippen LogP contribution is -2.08. The molecule has 0 spiro atoms. The van der Waals surface area contributed by atoms with Crippen LogP contribution < -0.4 is 0 Å². The number of alkyl halides is 1. The van der Waals surface area contributed by atoms with Gasteiger partial charge in [-0.3, -0.25) is 0 Å². The normalized spacial score (nSPS) is 10.8. The third-order valence-electron chi connectivity index (χ3n) is 1.85. The quantitative estimate of drug-likeness (QED) is 0.631. The highest BCUT2D eigenvalue weighted by atomic mass is 79.9. The first-order chi connectivity index (χ1) is 7.60. The molecule has 86 valence electrons. The van der Waals surface area contributed by atoms with E-state index in [4.69, 9.17) is 0 Å². The van der Waals surface area contributed by atoms with Crippen molar-refractivity contribution < 1.29 is 18.3 Å². The van der Waals surface area contributed by atoms with E-state index in [9.17, 15) is 13.6 Å². The Kier molecular flexibility index (Phi) is 4.61. The van der Waals surface area contributed by atoms with Gasteiger partial charge >= 0.3 is 5.97 Å². The van der Waals surface area contributed by atoms with Crippen LogP contribution in [0.25, 0.3) is 6.08 Å². The molecule has 0 N–H and O–H groups in total. The van der Waals surface area contributed by atoms with Crippen LogP contribution >= 0.6 is 15.9 Å². The SMILES string of the molecule is COC(=O)c1c(F)cc(C=CCBr)cc1F. The van der Waals surface area contributed by atoms with Gasteiger partial charge in [-0.2, -0.15) is 0 Å². The molecule has 0 saturated heterocycles. The number of halogens is 3. The van der Waals surface area contributed by atoms with Gasteiger partial charge in [-0.25, -0.2) is 13.6 Å². The molecule has 0 aliphatic rings. The van der Waals surface area contributed by atoms with Crippen LogP contribution in [0.1, 0.15) is 15.9 Å². The average molecular weight is 291 g/mol. The summed E-state index contributed by atoms with van der Waals surface area (Å²) < 4.78 is 31.1. The van der Waals surface area contributed by atoms with E-state index in [0.717, 1.165) is 19.2 Å². The average Bonchev–Trinajstić information content (AvgIpc) is 2.25.